The molecule has 164 valence electrons. The second kappa shape index (κ2) is 8.96. The number of carbonyl (C=O) groups is 2. The monoisotopic (exact) mass is 448 g/mol. The standard InChI is InChI=1S/C25H24N2O4S/c1-17-6-5-9-20(14-17)26-25(29)22(18-7-3-2-4-8-18)16-32(30,31)21-11-12-23-19(15-21)10-13-24(28)27-23/h2-9,11-12,14-15,22H,10,13,16H2,1H3,(H,26,29)(H,27,28). The minimum Gasteiger partial charge on any atom is -0.326 e. The van der Waals surface area contributed by atoms with E-state index in [1.165, 1.54) is 6.07 Å². The van der Waals surface area contributed by atoms with Crippen molar-refractivity contribution in [3.63, 3.8) is 0 Å². The SMILES string of the molecule is Cc1cccc(NC(=O)C(CS(=O)(=O)c2ccc3c(c2)CCC(=O)N3)c2ccccc2)c1. The van der Waals surface area contributed by atoms with Crippen LogP contribution >= 0.6 is 0 Å². The number of nitrogens with one attached hydrogen (secondary N) is 2. The molecule has 3 aromatic carbocycles. The summed E-state index contributed by atoms with van der Waals surface area (Å²) in [6, 6.07) is 21.0. The van der Waals surface area contributed by atoms with E-state index in [0.717, 1.165) is 11.1 Å². The molecule has 1 unspecified atom stereocenters. The van der Waals surface area contributed by atoms with Crippen LogP contribution in [0.4, 0.5) is 11.4 Å². The zero-order chi connectivity index (χ0) is 22.7. The molecule has 0 saturated heterocycles. The third-order valence-electron chi connectivity index (χ3n) is 5.52. The first kappa shape index (κ1) is 21.8. The summed E-state index contributed by atoms with van der Waals surface area (Å²) in [5, 5.41) is 5.62. The number of fused-ring (bicyclic) bond motifs is 1. The first-order chi connectivity index (χ1) is 15.3. The Morgan fingerprint density at radius 1 is 1.00 bits per heavy atom. The number of benzene rings is 3. The van der Waals surface area contributed by atoms with Crippen LogP contribution in [0.1, 0.15) is 29.0 Å². The highest BCUT2D eigenvalue weighted by molar-refractivity contribution is 7.91. The van der Waals surface area contributed by atoms with Crippen LogP contribution in [0, 0.1) is 6.92 Å². The van der Waals surface area contributed by atoms with Crippen LogP contribution < -0.4 is 10.6 Å². The van der Waals surface area contributed by atoms with Crippen LogP contribution in [0.3, 0.4) is 0 Å². The van der Waals surface area contributed by atoms with E-state index in [1.807, 2.05) is 31.2 Å². The van der Waals surface area contributed by atoms with Crippen molar-refractivity contribution >= 4 is 33.0 Å². The maximum atomic E-state index is 13.3. The van der Waals surface area contributed by atoms with E-state index < -0.39 is 15.8 Å². The van der Waals surface area contributed by atoms with Crippen molar-refractivity contribution in [3.05, 3.63) is 89.5 Å². The Bertz CT molecular complexity index is 1270. The van der Waals surface area contributed by atoms with Crippen LogP contribution in [-0.2, 0) is 25.8 Å². The highest BCUT2D eigenvalue weighted by atomic mass is 32.2. The molecular weight excluding hydrogens is 424 g/mol. The Hall–Kier alpha value is -3.45. The number of aryl methyl sites for hydroxylation is 2. The van der Waals surface area contributed by atoms with E-state index in [1.54, 1.807) is 42.5 Å². The maximum Gasteiger partial charge on any atom is 0.232 e. The third-order valence-corrected chi connectivity index (χ3v) is 7.27. The van der Waals surface area contributed by atoms with Crippen LogP contribution in [-0.4, -0.2) is 26.0 Å². The molecule has 0 aromatic heterocycles. The number of hydrogen-bond acceptors (Lipinski definition) is 4. The van der Waals surface area contributed by atoms with Gasteiger partial charge >= 0.3 is 0 Å². The number of amides is 2. The molecule has 6 nitrogen and oxygen atoms in total. The van der Waals surface area contributed by atoms with Gasteiger partial charge in [0.15, 0.2) is 9.84 Å². The lowest BCUT2D eigenvalue weighted by Crippen LogP contribution is -2.28. The maximum absolute atomic E-state index is 13.3. The molecule has 7 heteroatoms. The molecule has 2 amide bonds. The lowest BCUT2D eigenvalue weighted by atomic mass is 10.00. The summed E-state index contributed by atoms with van der Waals surface area (Å²) in [7, 11) is -3.77. The fourth-order valence-corrected chi connectivity index (χ4v) is 5.40. The van der Waals surface area contributed by atoms with Gasteiger partial charge < -0.3 is 10.6 Å². The molecule has 1 aliphatic heterocycles. The Morgan fingerprint density at radius 3 is 2.53 bits per heavy atom. The van der Waals surface area contributed by atoms with Gasteiger partial charge in [-0.05, 0) is 60.4 Å². The molecule has 3 aromatic rings. The average Bonchev–Trinajstić information content (AvgIpc) is 2.77. The summed E-state index contributed by atoms with van der Waals surface area (Å²) < 4.78 is 26.6. The summed E-state index contributed by atoms with van der Waals surface area (Å²) in [4.78, 5) is 24.9. The fraction of sp³-hybridized carbons (Fsp3) is 0.200. The van der Waals surface area contributed by atoms with Crippen molar-refractivity contribution < 1.29 is 18.0 Å². The molecule has 1 atom stereocenters. The minimum absolute atomic E-state index is 0.0786. The third kappa shape index (κ3) is 4.89. The van der Waals surface area contributed by atoms with Crippen molar-refractivity contribution in [2.75, 3.05) is 16.4 Å². The van der Waals surface area contributed by atoms with E-state index in [-0.39, 0.29) is 22.5 Å². The zero-order valence-corrected chi connectivity index (χ0v) is 18.5. The second-order valence-corrected chi connectivity index (χ2v) is 10.0. The zero-order valence-electron chi connectivity index (χ0n) is 17.7. The lowest BCUT2D eigenvalue weighted by Gasteiger charge is -2.20. The summed E-state index contributed by atoms with van der Waals surface area (Å²) in [5.74, 6) is -1.70. The number of anilines is 2. The van der Waals surface area contributed by atoms with Crippen molar-refractivity contribution in [3.8, 4) is 0 Å². The van der Waals surface area contributed by atoms with Crippen LogP contribution in [0.5, 0.6) is 0 Å². The molecule has 2 N–H and O–H groups in total. The van der Waals surface area contributed by atoms with E-state index in [2.05, 4.69) is 10.6 Å². The average molecular weight is 449 g/mol. The largest absolute Gasteiger partial charge is 0.326 e. The summed E-state index contributed by atoms with van der Waals surface area (Å²) in [5.41, 5.74) is 3.67. The van der Waals surface area contributed by atoms with Crippen LogP contribution in [0.2, 0.25) is 0 Å². The van der Waals surface area contributed by atoms with Crippen molar-refractivity contribution in [2.45, 2.75) is 30.6 Å². The van der Waals surface area contributed by atoms with Crippen molar-refractivity contribution in [2.24, 2.45) is 0 Å². The molecule has 4 rings (SSSR count). The molecule has 1 aliphatic rings. The molecule has 0 saturated carbocycles. The molecule has 1 heterocycles. The number of rotatable bonds is 6. The molecule has 0 bridgehead atoms. The lowest BCUT2D eigenvalue weighted by molar-refractivity contribution is -0.117. The minimum atomic E-state index is -3.77. The first-order valence-electron chi connectivity index (χ1n) is 10.4. The van der Waals surface area contributed by atoms with Gasteiger partial charge in [-0.15, -0.1) is 0 Å². The smallest absolute Gasteiger partial charge is 0.232 e. The van der Waals surface area contributed by atoms with Gasteiger partial charge in [0.05, 0.1) is 16.6 Å². The van der Waals surface area contributed by atoms with E-state index in [9.17, 15) is 18.0 Å². The van der Waals surface area contributed by atoms with Gasteiger partial charge in [-0.1, -0.05) is 42.5 Å². The predicted octanol–water partition coefficient (Wildman–Crippen LogP) is 4.08. The highest BCUT2D eigenvalue weighted by Crippen LogP contribution is 2.29. The predicted molar refractivity (Wildman–Crippen MR) is 124 cm³/mol. The van der Waals surface area contributed by atoms with Crippen LogP contribution in [0.25, 0.3) is 0 Å². The number of sulfone groups is 1. The summed E-state index contributed by atoms with van der Waals surface area (Å²) in [6.45, 7) is 1.92. The van der Waals surface area contributed by atoms with Gasteiger partial charge in [-0.25, -0.2) is 8.42 Å². The Morgan fingerprint density at radius 2 is 1.78 bits per heavy atom. The van der Waals surface area contributed by atoms with Gasteiger partial charge in [0.2, 0.25) is 11.8 Å². The fourth-order valence-electron chi connectivity index (χ4n) is 3.83. The Kier molecular flexibility index (Phi) is 6.10. The first-order valence-corrected chi connectivity index (χ1v) is 12.0. The van der Waals surface area contributed by atoms with Gasteiger partial charge in [0.25, 0.3) is 0 Å². The summed E-state index contributed by atoms with van der Waals surface area (Å²) >= 11 is 0. The van der Waals surface area contributed by atoms with Crippen molar-refractivity contribution in [1.29, 1.82) is 0 Å². The Balaban J connectivity index is 1.63. The molecule has 0 radical (unpaired) electrons. The van der Waals surface area contributed by atoms with E-state index in [0.29, 0.717) is 29.8 Å². The summed E-state index contributed by atoms with van der Waals surface area (Å²) in [6.07, 6.45) is 0.808. The molecule has 0 spiro atoms. The number of carbonyl (C=O) groups excluding carboxylic acids is 2. The quantitative estimate of drug-likeness (QED) is 0.594. The molecule has 32 heavy (non-hydrogen) atoms. The number of hydrogen-bond donors (Lipinski definition) is 2. The Labute approximate surface area is 187 Å². The van der Waals surface area contributed by atoms with E-state index >= 15 is 0 Å². The van der Waals surface area contributed by atoms with Crippen molar-refractivity contribution in [1.82, 2.24) is 0 Å². The normalized spacial score (nSPS) is 14.2. The van der Waals surface area contributed by atoms with Crippen LogP contribution in [0.15, 0.2) is 77.7 Å². The highest BCUT2D eigenvalue weighted by Gasteiger charge is 2.29. The molecular formula is C25H24N2O4S. The van der Waals surface area contributed by atoms with Gasteiger partial charge in [-0.3, -0.25) is 9.59 Å². The molecule has 0 aliphatic carbocycles. The van der Waals surface area contributed by atoms with Gasteiger partial charge in [0, 0.05) is 17.8 Å². The van der Waals surface area contributed by atoms with E-state index in [4.69, 9.17) is 0 Å². The topological polar surface area (TPSA) is 92.3 Å². The second-order valence-electron chi connectivity index (χ2n) is 7.97. The molecule has 0 fully saturated rings. The van der Waals surface area contributed by atoms with Gasteiger partial charge in [-0.2, -0.15) is 0 Å². The van der Waals surface area contributed by atoms with Gasteiger partial charge in [0.1, 0.15) is 0 Å².